The summed E-state index contributed by atoms with van der Waals surface area (Å²) in [6, 6.07) is 0. The predicted molar refractivity (Wildman–Crippen MR) is 104 cm³/mol. The van der Waals surface area contributed by atoms with E-state index in [0.717, 1.165) is 38.8 Å². The molecule has 0 spiro atoms. The van der Waals surface area contributed by atoms with E-state index in [-0.39, 0.29) is 35.5 Å². The number of likely N-dealkylation sites (tertiary alicyclic amines) is 3. The zero-order valence-electron chi connectivity index (χ0n) is 17.4. The second-order valence-electron chi connectivity index (χ2n) is 8.96. The van der Waals surface area contributed by atoms with Gasteiger partial charge < -0.3 is 14.7 Å². The summed E-state index contributed by atoms with van der Waals surface area (Å²) in [5, 5.41) is 0. The lowest BCUT2D eigenvalue weighted by Gasteiger charge is -2.33. The van der Waals surface area contributed by atoms with Crippen LogP contribution in [0.25, 0.3) is 0 Å². The minimum atomic E-state index is -0.601. The molecule has 0 N–H and O–H groups in total. The van der Waals surface area contributed by atoms with Gasteiger partial charge in [0.25, 0.3) is 0 Å². The third-order valence-electron chi connectivity index (χ3n) is 6.88. The second kappa shape index (κ2) is 7.80. The molecule has 0 saturated carbocycles. The molecule has 6 heteroatoms. The molecule has 3 rings (SSSR count). The number of rotatable bonds is 5. The van der Waals surface area contributed by atoms with Crippen molar-refractivity contribution in [2.75, 3.05) is 39.3 Å². The van der Waals surface area contributed by atoms with Gasteiger partial charge in [0, 0.05) is 57.0 Å². The fraction of sp³-hybridized carbons (Fsp3) is 0.857. The average Bonchev–Trinajstić information content (AvgIpc) is 3.35. The van der Waals surface area contributed by atoms with E-state index in [4.69, 9.17) is 0 Å². The molecular formula is C21H35N3O3. The Morgan fingerprint density at radius 3 is 1.89 bits per heavy atom. The fourth-order valence-electron chi connectivity index (χ4n) is 5.20. The normalized spacial score (nSPS) is 27.8. The molecule has 0 aromatic carbocycles. The van der Waals surface area contributed by atoms with Crippen molar-refractivity contribution in [1.82, 2.24) is 14.7 Å². The fourth-order valence-corrected chi connectivity index (χ4v) is 5.20. The van der Waals surface area contributed by atoms with Gasteiger partial charge in [0.1, 0.15) is 0 Å². The molecule has 6 nitrogen and oxygen atoms in total. The molecule has 3 fully saturated rings. The van der Waals surface area contributed by atoms with Crippen LogP contribution in [0.1, 0.15) is 53.4 Å². The van der Waals surface area contributed by atoms with Crippen molar-refractivity contribution in [3.63, 3.8) is 0 Å². The number of amides is 3. The van der Waals surface area contributed by atoms with Crippen molar-refractivity contribution in [1.29, 1.82) is 0 Å². The molecule has 3 aliphatic rings. The van der Waals surface area contributed by atoms with Crippen LogP contribution in [0.15, 0.2) is 0 Å². The maximum atomic E-state index is 13.5. The van der Waals surface area contributed by atoms with Crippen molar-refractivity contribution in [2.24, 2.45) is 23.2 Å². The second-order valence-corrected chi connectivity index (χ2v) is 8.96. The minimum absolute atomic E-state index is 0.0381. The van der Waals surface area contributed by atoms with Gasteiger partial charge in [-0.1, -0.05) is 27.7 Å². The number of hydrogen-bond acceptors (Lipinski definition) is 3. The van der Waals surface area contributed by atoms with Crippen LogP contribution in [0.4, 0.5) is 0 Å². The Hall–Kier alpha value is -1.59. The van der Waals surface area contributed by atoms with E-state index in [1.54, 1.807) is 0 Å². The van der Waals surface area contributed by atoms with Crippen LogP contribution in [-0.2, 0) is 14.4 Å². The van der Waals surface area contributed by atoms with Crippen LogP contribution in [0, 0.1) is 23.2 Å². The summed E-state index contributed by atoms with van der Waals surface area (Å²) in [4.78, 5) is 44.9. The van der Waals surface area contributed by atoms with E-state index in [2.05, 4.69) is 13.8 Å². The standard InChI is InChI=1S/C21H35N3O3/c1-5-16(6-2)19(26)24-12-17-11-23(18(25)15(3)4)13-21(17,14-24)20(27)22-9-7-8-10-22/h15-17H,5-14H2,1-4H3/t17-,21-/m0/s1. The first-order chi connectivity index (χ1) is 12.8. The topological polar surface area (TPSA) is 60.9 Å². The summed E-state index contributed by atoms with van der Waals surface area (Å²) in [6.07, 6.45) is 3.78. The first-order valence-electron chi connectivity index (χ1n) is 10.7. The molecule has 3 aliphatic heterocycles. The molecule has 0 aromatic rings. The largest absolute Gasteiger partial charge is 0.342 e. The maximum absolute atomic E-state index is 13.5. The number of fused-ring (bicyclic) bond motifs is 1. The molecule has 27 heavy (non-hydrogen) atoms. The number of carbonyl (C=O) groups is 3. The van der Waals surface area contributed by atoms with E-state index in [9.17, 15) is 14.4 Å². The van der Waals surface area contributed by atoms with Crippen LogP contribution < -0.4 is 0 Å². The van der Waals surface area contributed by atoms with Gasteiger partial charge in [-0.05, 0) is 25.7 Å². The van der Waals surface area contributed by atoms with E-state index in [1.807, 2.05) is 28.5 Å². The highest BCUT2D eigenvalue weighted by atomic mass is 16.2. The highest BCUT2D eigenvalue weighted by Gasteiger charge is 2.60. The lowest BCUT2D eigenvalue weighted by molar-refractivity contribution is -0.143. The Morgan fingerprint density at radius 1 is 0.889 bits per heavy atom. The summed E-state index contributed by atoms with van der Waals surface area (Å²) >= 11 is 0. The quantitative estimate of drug-likeness (QED) is 0.736. The molecule has 3 saturated heterocycles. The number of hydrogen-bond donors (Lipinski definition) is 0. The van der Waals surface area contributed by atoms with Crippen molar-refractivity contribution < 1.29 is 14.4 Å². The lowest BCUT2D eigenvalue weighted by atomic mass is 9.79. The molecule has 0 aliphatic carbocycles. The van der Waals surface area contributed by atoms with Crippen LogP contribution >= 0.6 is 0 Å². The Balaban J connectivity index is 1.84. The zero-order valence-corrected chi connectivity index (χ0v) is 17.4. The van der Waals surface area contributed by atoms with Crippen molar-refractivity contribution >= 4 is 17.7 Å². The van der Waals surface area contributed by atoms with Gasteiger partial charge >= 0.3 is 0 Å². The van der Waals surface area contributed by atoms with E-state index in [0.29, 0.717) is 26.2 Å². The Morgan fingerprint density at radius 2 is 1.41 bits per heavy atom. The smallest absolute Gasteiger partial charge is 0.232 e. The predicted octanol–water partition coefficient (Wildman–Crippen LogP) is 1.99. The summed E-state index contributed by atoms with van der Waals surface area (Å²) in [5.41, 5.74) is -0.601. The lowest BCUT2D eigenvalue weighted by Crippen LogP contribution is -2.50. The average molecular weight is 378 g/mol. The summed E-state index contributed by atoms with van der Waals surface area (Å²) in [5.74, 6) is 0.511. The zero-order chi connectivity index (χ0) is 19.8. The van der Waals surface area contributed by atoms with Crippen LogP contribution in [-0.4, -0.2) is 71.7 Å². The van der Waals surface area contributed by atoms with Gasteiger partial charge in [-0.25, -0.2) is 0 Å². The highest BCUT2D eigenvalue weighted by Crippen LogP contribution is 2.45. The number of nitrogens with zero attached hydrogens (tertiary/aromatic N) is 3. The summed E-state index contributed by atoms with van der Waals surface area (Å²) in [7, 11) is 0. The molecule has 0 unspecified atom stereocenters. The van der Waals surface area contributed by atoms with Gasteiger partial charge in [-0.3, -0.25) is 14.4 Å². The Kier molecular flexibility index (Phi) is 5.82. The van der Waals surface area contributed by atoms with Crippen LogP contribution in [0.5, 0.6) is 0 Å². The third-order valence-corrected chi connectivity index (χ3v) is 6.88. The van der Waals surface area contributed by atoms with Gasteiger partial charge in [0.2, 0.25) is 17.7 Å². The molecule has 152 valence electrons. The molecule has 0 aromatic heterocycles. The van der Waals surface area contributed by atoms with Crippen molar-refractivity contribution in [2.45, 2.75) is 53.4 Å². The van der Waals surface area contributed by atoms with Crippen molar-refractivity contribution in [3.8, 4) is 0 Å². The van der Waals surface area contributed by atoms with E-state index in [1.165, 1.54) is 0 Å². The molecular weight excluding hydrogens is 342 g/mol. The monoisotopic (exact) mass is 377 g/mol. The first kappa shape index (κ1) is 20.2. The molecule has 0 radical (unpaired) electrons. The third kappa shape index (κ3) is 3.47. The SMILES string of the molecule is CCC(CC)C(=O)N1C[C@@H]2CN(C(=O)C(C)C)C[C@]2(C(=O)N2CCCC2)C1. The van der Waals surface area contributed by atoms with Crippen LogP contribution in [0.2, 0.25) is 0 Å². The van der Waals surface area contributed by atoms with E-state index >= 15 is 0 Å². The van der Waals surface area contributed by atoms with Crippen LogP contribution in [0.3, 0.4) is 0 Å². The van der Waals surface area contributed by atoms with Crippen molar-refractivity contribution in [3.05, 3.63) is 0 Å². The van der Waals surface area contributed by atoms with E-state index < -0.39 is 5.41 Å². The molecule has 3 amide bonds. The molecule has 3 heterocycles. The maximum Gasteiger partial charge on any atom is 0.232 e. The highest BCUT2D eigenvalue weighted by molar-refractivity contribution is 5.89. The molecule has 0 bridgehead atoms. The minimum Gasteiger partial charge on any atom is -0.342 e. The molecule has 2 atom stereocenters. The Labute approximate surface area is 163 Å². The van der Waals surface area contributed by atoms with Gasteiger partial charge in [-0.2, -0.15) is 0 Å². The van der Waals surface area contributed by atoms with Gasteiger partial charge in [0.15, 0.2) is 0 Å². The van der Waals surface area contributed by atoms with Gasteiger partial charge in [-0.15, -0.1) is 0 Å². The first-order valence-corrected chi connectivity index (χ1v) is 10.7. The summed E-state index contributed by atoms with van der Waals surface area (Å²) in [6.45, 7) is 11.7. The Bertz CT molecular complexity index is 595. The number of carbonyl (C=O) groups excluding carboxylic acids is 3. The van der Waals surface area contributed by atoms with Gasteiger partial charge in [0.05, 0.1) is 5.41 Å². The summed E-state index contributed by atoms with van der Waals surface area (Å²) < 4.78 is 0.